The van der Waals surface area contributed by atoms with E-state index in [1.165, 1.54) is 12.1 Å². The van der Waals surface area contributed by atoms with Crippen LogP contribution in [0.1, 0.15) is 18.4 Å². The molecule has 0 aliphatic carbocycles. The molecule has 0 saturated carbocycles. The number of carbonyl (C=O) groups is 1. The molecule has 0 spiro atoms. The molecule has 1 aromatic carbocycles. The van der Waals surface area contributed by atoms with E-state index in [9.17, 15) is 9.18 Å². The SMILES string of the molecule is Cc1cc(F)cc(NC(=O)CCCO)c1. The van der Waals surface area contributed by atoms with Crippen LogP contribution in [0.4, 0.5) is 10.1 Å². The van der Waals surface area contributed by atoms with Gasteiger partial charge in [-0.1, -0.05) is 0 Å². The van der Waals surface area contributed by atoms with Crippen LogP contribution in [0.15, 0.2) is 18.2 Å². The van der Waals surface area contributed by atoms with Gasteiger partial charge in [0.2, 0.25) is 5.91 Å². The minimum atomic E-state index is -0.368. The van der Waals surface area contributed by atoms with Gasteiger partial charge in [0, 0.05) is 18.7 Å². The highest BCUT2D eigenvalue weighted by atomic mass is 19.1. The van der Waals surface area contributed by atoms with Crippen LogP contribution in [-0.2, 0) is 4.79 Å². The first-order valence-electron chi connectivity index (χ1n) is 4.79. The second-order valence-electron chi connectivity index (χ2n) is 3.39. The Labute approximate surface area is 87.9 Å². The summed E-state index contributed by atoms with van der Waals surface area (Å²) in [5, 5.41) is 11.1. The monoisotopic (exact) mass is 211 g/mol. The molecule has 0 heterocycles. The topological polar surface area (TPSA) is 49.3 Å². The molecular formula is C11H14FNO2. The first-order valence-corrected chi connectivity index (χ1v) is 4.79. The fraction of sp³-hybridized carbons (Fsp3) is 0.364. The van der Waals surface area contributed by atoms with Crippen molar-refractivity contribution in [1.82, 2.24) is 0 Å². The van der Waals surface area contributed by atoms with Gasteiger partial charge in [-0.05, 0) is 37.1 Å². The molecule has 0 unspecified atom stereocenters. The van der Waals surface area contributed by atoms with Crippen LogP contribution in [0, 0.1) is 12.7 Å². The largest absolute Gasteiger partial charge is 0.396 e. The van der Waals surface area contributed by atoms with Crippen molar-refractivity contribution >= 4 is 11.6 Å². The van der Waals surface area contributed by atoms with Gasteiger partial charge in [0.25, 0.3) is 0 Å². The van der Waals surface area contributed by atoms with Gasteiger partial charge in [0.05, 0.1) is 0 Å². The Bertz CT molecular complexity index is 332. The summed E-state index contributed by atoms with van der Waals surface area (Å²) in [6.07, 6.45) is 0.659. The van der Waals surface area contributed by atoms with Crippen LogP contribution in [0.3, 0.4) is 0 Å². The van der Waals surface area contributed by atoms with E-state index in [2.05, 4.69) is 5.32 Å². The third-order valence-corrected chi connectivity index (χ3v) is 1.89. The van der Waals surface area contributed by atoms with Crippen molar-refractivity contribution in [3.05, 3.63) is 29.6 Å². The molecule has 0 bridgehead atoms. The summed E-state index contributed by atoms with van der Waals surface area (Å²) in [6, 6.07) is 4.35. The van der Waals surface area contributed by atoms with Gasteiger partial charge in [-0.15, -0.1) is 0 Å². The second kappa shape index (κ2) is 5.46. The number of aliphatic hydroxyl groups excluding tert-OH is 1. The molecule has 0 aliphatic heterocycles. The van der Waals surface area contributed by atoms with E-state index in [4.69, 9.17) is 5.11 Å². The lowest BCUT2D eigenvalue weighted by molar-refractivity contribution is -0.116. The average Bonchev–Trinajstić information content (AvgIpc) is 2.13. The Hall–Kier alpha value is -1.42. The zero-order chi connectivity index (χ0) is 11.3. The molecule has 1 rings (SSSR count). The Kier molecular flexibility index (Phi) is 4.24. The zero-order valence-corrected chi connectivity index (χ0v) is 8.59. The first kappa shape index (κ1) is 11.7. The van der Waals surface area contributed by atoms with Gasteiger partial charge in [0.1, 0.15) is 5.82 Å². The maximum absolute atomic E-state index is 12.9. The highest BCUT2D eigenvalue weighted by molar-refractivity contribution is 5.90. The van der Waals surface area contributed by atoms with Crippen LogP contribution < -0.4 is 5.32 Å². The second-order valence-corrected chi connectivity index (χ2v) is 3.39. The van der Waals surface area contributed by atoms with Gasteiger partial charge in [-0.2, -0.15) is 0 Å². The number of carbonyl (C=O) groups excluding carboxylic acids is 1. The molecular weight excluding hydrogens is 197 g/mol. The first-order chi connectivity index (χ1) is 7.11. The number of amides is 1. The molecule has 15 heavy (non-hydrogen) atoms. The average molecular weight is 211 g/mol. The number of rotatable bonds is 4. The van der Waals surface area contributed by atoms with Crippen molar-refractivity contribution in [1.29, 1.82) is 0 Å². The third kappa shape index (κ3) is 4.08. The summed E-state index contributed by atoms with van der Waals surface area (Å²) in [5.41, 5.74) is 1.21. The molecule has 4 heteroatoms. The number of aliphatic hydroxyl groups is 1. The molecule has 0 saturated heterocycles. The Morgan fingerprint density at radius 2 is 2.20 bits per heavy atom. The Morgan fingerprint density at radius 3 is 2.80 bits per heavy atom. The van der Waals surface area contributed by atoms with Crippen molar-refractivity contribution in [3.8, 4) is 0 Å². The third-order valence-electron chi connectivity index (χ3n) is 1.89. The van der Waals surface area contributed by atoms with Gasteiger partial charge >= 0.3 is 0 Å². The summed E-state index contributed by atoms with van der Waals surface area (Å²) in [7, 11) is 0. The minimum Gasteiger partial charge on any atom is -0.396 e. The molecule has 2 N–H and O–H groups in total. The highest BCUT2D eigenvalue weighted by Crippen LogP contribution is 2.13. The molecule has 0 atom stereocenters. The van der Waals surface area contributed by atoms with Crippen molar-refractivity contribution in [2.24, 2.45) is 0 Å². The van der Waals surface area contributed by atoms with Crippen LogP contribution in [0.2, 0.25) is 0 Å². The highest BCUT2D eigenvalue weighted by Gasteiger charge is 2.03. The number of anilines is 1. The summed E-state index contributed by atoms with van der Waals surface area (Å²) in [6.45, 7) is 1.74. The van der Waals surface area contributed by atoms with Crippen LogP contribution >= 0.6 is 0 Å². The summed E-state index contributed by atoms with van der Waals surface area (Å²) in [5.74, 6) is -0.582. The maximum Gasteiger partial charge on any atom is 0.224 e. The van der Waals surface area contributed by atoms with Gasteiger partial charge < -0.3 is 10.4 Å². The summed E-state index contributed by atoms with van der Waals surface area (Å²) < 4.78 is 12.9. The number of nitrogens with one attached hydrogen (secondary N) is 1. The fourth-order valence-corrected chi connectivity index (χ4v) is 1.27. The Morgan fingerprint density at radius 1 is 1.47 bits per heavy atom. The van der Waals surface area contributed by atoms with Crippen molar-refractivity contribution in [2.75, 3.05) is 11.9 Å². The van der Waals surface area contributed by atoms with E-state index in [1.807, 2.05) is 0 Å². The standard InChI is InChI=1S/C11H14FNO2/c1-8-5-9(12)7-10(6-8)13-11(15)3-2-4-14/h5-7,14H,2-4H2,1H3,(H,13,15). The maximum atomic E-state index is 12.9. The number of benzene rings is 1. The number of hydrogen-bond acceptors (Lipinski definition) is 2. The smallest absolute Gasteiger partial charge is 0.224 e. The predicted molar refractivity (Wildman–Crippen MR) is 56.1 cm³/mol. The van der Waals surface area contributed by atoms with Gasteiger partial charge in [-0.25, -0.2) is 4.39 Å². The van der Waals surface area contributed by atoms with E-state index in [-0.39, 0.29) is 24.8 Å². The summed E-state index contributed by atoms with van der Waals surface area (Å²) >= 11 is 0. The van der Waals surface area contributed by atoms with Crippen LogP contribution in [-0.4, -0.2) is 17.6 Å². The normalized spacial score (nSPS) is 10.1. The van der Waals surface area contributed by atoms with E-state index in [0.29, 0.717) is 12.1 Å². The lowest BCUT2D eigenvalue weighted by Crippen LogP contribution is -2.12. The molecule has 3 nitrogen and oxygen atoms in total. The minimum absolute atomic E-state index is 0.0183. The van der Waals surface area contributed by atoms with E-state index in [1.54, 1.807) is 13.0 Å². The predicted octanol–water partition coefficient (Wildman–Crippen LogP) is 1.85. The molecule has 0 radical (unpaired) electrons. The molecule has 0 fully saturated rings. The molecule has 1 aromatic rings. The molecule has 0 aromatic heterocycles. The van der Waals surface area contributed by atoms with Crippen molar-refractivity contribution in [3.63, 3.8) is 0 Å². The number of aryl methyl sites for hydroxylation is 1. The number of hydrogen-bond donors (Lipinski definition) is 2. The van der Waals surface area contributed by atoms with E-state index < -0.39 is 0 Å². The Balaban J connectivity index is 2.60. The van der Waals surface area contributed by atoms with Crippen LogP contribution in [0.25, 0.3) is 0 Å². The number of halogens is 1. The fourth-order valence-electron chi connectivity index (χ4n) is 1.27. The lowest BCUT2D eigenvalue weighted by Gasteiger charge is -2.05. The summed E-state index contributed by atoms with van der Waals surface area (Å²) in [4.78, 5) is 11.2. The lowest BCUT2D eigenvalue weighted by atomic mass is 10.2. The van der Waals surface area contributed by atoms with Gasteiger partial charge in [-0.3, -0.25) is 4.79 Å². The quantitative estimate of drug-likeness (QED) is 0.798. The van der Waals surface area contributed by atoms with Crippen molar-refractivity contribution < 1.29 is 14.3 Å². The molecule has 1 amide bonds. The molecule has 0 aliphatic rings. The van der Waals surface area contributed by atoms with E-state index in [0.717, 1.165) is 5.56 Å². The van der Waals surface area contributed by atoms with Gasteiger partial charge in [0.15, 0.2) is 0 Å². The molecule has 82 valence electrons. The van der Waals surface area contributed by atoms with Crippen molar-refractivity contribution in [2.45, 2.75) is 19.8 Å². The zero-order valence-electron chi connectivity index (χ0n) is 8.59. The van der Waals surface area contributed by atoms with E-state index >= 15 is 0 Å². The van der Waals surface area contributed by atoms with Crippen LogP contribution in [0.5, 0.6) is 0 Å².